The minimum absolute atomic E-state index is 0.653. The third-order valence-corrected chi connectivity index (χ3v) is 5.83. The number of hydrogen-bond donors (Lipinski definition) is 0. The van der Waals surface area contributed by atoms with Crippen LogP contribution in [0.5, 0.6) is 0 Å². The van der Waals surface area contributed by atoms with Gasteiger partial charge in [-0.3, -0.25) is 8.97 Å². The van der Waals surface area contributed by atoms with Gasteiger partial charge in [-0.1, -0.05) is 35.9 Å². The summed E-state index contributed by atoms with van der Waals surface area (Å²) in [5.41, 5.74) is 7.96. The first kappa shape index (κ1) is 15.8. The first-order valence-corrected chi connectivity index (χ1v) is 9.94. The van der Waals surface area contributed by atoms with E-state index in [0.717, 1.165) is 49.9 Å². The molecule has 7 aromatic rings. The molecule has 4 heterocycles. The van der Waals surface area contributed by atoms with Crippen LogP contribution in [0.1, 0.15) is 5.56 Å². The van der Waals surface area contributed by atoms with Crippen molar-refractivity contribution in [1.82, 2.24) is 18.9 Å². The summed E-state index contributed by atoms with van der Waals surface area (Å²) in [6.45, 7) is 2.09. The average Bonchev–Trinajstić information content (AvgIpc) is 3.41. The number of para-hydroxylation sites is 4. The molecule has 4 aromatic heterocycles. The zero-order valence-electron chi connectivity index (χ0n) is 16.2. The highest BCUT2D eigenvalue weighted by atomic mass is 16.3. The van der Waals surface area contributed by atoms with Gasteiger partial charge in [0.1, 0.15) is 5.58 Å². The second-order valence-corrected chi connectivity index (χ2v) is 7.71. The lowest BCUT2D eigenvalue weighted by atomic mass is 10.1. The number of rotatable bonds is 1. The second-order valence-electron chi connectivity index (χ2n) is 7.71. The molecule has 3 aromatic carbocycles. The lowest BCUT2D eigenvalue weighted by Crippen LogP contribution is -1.96. The van der Waals surface area contributed by atoms with E-state index in [-0.39, 0.29) is 0 Å². The van der Waals surface area contributed by atoms with Gasteiger partial charge in [0.25, 0.3) is 0 Å². The Labute approximate surface area is 170 Å². The van der Waals surface area contributed by atoms with Gasteiger partial charge in [0.2, 0.25) is 11.5 Å². The minimum Gasteiger partial charge on any atom is -0.438 e. The smallest absolute Gasteiger partial charge is 0.227 e. The third kappa shape index (κ3) is 1.96. The van der Waals surface area contributed by atoms with E-state index >= 15 is 0 Å². The van der Waals surface area contributed by atoms with Gasteiger partial charge in [-0.05, 0) is 49.4 Å². The van der Waals surface area contributed by atoms with Gasteiger partial charge in [-0.15, -0.1) is 0 Å². The minimum atomic E-state index is 0.653. The number of aromatic nitrogens is 4. The molecule has 5 nitrogen and oxygen atoms in total. The van der Waals surface area contributed by atoms with E-state index < -0.39 is 0 Å². The van der Waals surface area contributed by atoms with E-state index in [1.807, 2.05) is 18.3 Å². The fourth-order valence-corrected chi connectivity index (χ4v) is 4.49. The Morgan fingerprint density at radius 2 is 1.60 bits per heavy atom. The number of hydrogen-bond acceptors (Lipinski definition) is 3. The molecule has 0 N–H and O–H groups in total. The highest BCUT2D eigenvalue weighted by molar-refractivity contribution is 6.04. The second kappa shape index (κ2) is 5.48. The zero-order chi connectivity index (χ0) is 19.8. The number of nitrogens with zero attached hydrogens (tertiary/aromatic N) is 4. The first-order chi connectivity index (χ1) is 14.8. The highest BCUT2D eigenvalue weighted by Gasteiger charge is 2.18. The molecule has 0 aliphatic rings. The van der Waals surface area contributed by atoms with Crippen molar-refractivity contribution in [3.05, 3.63) is 84.6 Å². The fraction of sp³-hybridized carbons (Fsp3) is 0.0400. The van der Waals surface area contributed by atoms with E-state index in [9.17, 15) is 0 Å². The molecular formula is C25H16N4O. The molecule has 0 fully saturated rings. The Morgan fingerprint density at radius 3 is 2.50 bits per heavy atom. The van der Waals surface area contributed by atoms with Crippen molar-refractivity contribution in [2.24, 2.45) is 0 Å². The van der Waals surface area contributed by atoms with Crippen LogP contribution in [0.4, 0.5) is 0 Å². The quantitative estimate of drug-likeness (QED) is 0.345. The summed E-state index contributed by atoms with van der Waals surface area (Å²) in [5, 5.41) is 2.10. The van der Waals surface area contributed by atoms with Crippen LogP contribution >= 0.6 is 0 Å². The lowest BCUT2D eigenvalue weighted by molar-refractivity contribution is 0.654. The largest absolute Gasteiger partial charge is 0.438 e. The molecule has 30 heavy (non-hydrogen) atoms. The standard InChI is InChI=1S/C25H16N4O/c1-15-10-11-23-17(12-15)18-13-16(14-26-24(18)30-23)28-21-8-4-5-9-22(21)29-20-7-3-2-6-19(20)27-25(28)29/h2-14H,1H3. The Hall–Kier alpha value is -4.12. The maximum absolute atomic E-state index is 5.96. The molecule has 0 radical (unpaired) electrons. The van der Waals surface area contributed by atoms with Crippen molar-refractivity contribution < 1.29 is 4.42 Å². The molecule has 0 atom stereocenters. The molecule has 0 saturated heterocycles. The Bertz CT molecular complexity index is 1770. The summed E-state index contributed by atoms with van der Waals surface area (Å²) in [5.74, 6) is 0.877. The third-order valence-electron chi connectivity index (χ3n) is 5.83. The number of furan rings is 1. The van der Waals surface area contributed by atoms with Crippen molar-refractivity contribution in [3.8, 4) is 5.69 Å². The average molecular weight is 388 g/mol. The van der Waals surface area contributed by atoms with E-state index in [0.29, 0.717) is 5.71 Å². The molecular weight excluding hydrogens is 372 g/mol. The first-order valence-electron chi connectivity index (χ1n) is 9.94. The van der Waals surface area contributed by atoms with Gasteiger partial charge in [0, 0.05) is 5.39 Å². The van der Waals surface area contributed by atoms with Crippen LogP contribution in [0.25, 0.3) is 55.6 Å². The van der Waals surface area contributed by atoms with Gasteiger partial charge in [0.15, 0.2) is 0 Å². The Balaban J connectivity index is 1.63. The summed E-state index contributed by atoms with van der Waals surface area (Å²) in [6.07, 6.45) is 1.86. The van der Waals surface area contributed by atoms with Crippen molar-refractivity contribution in [3.63, 3.8) is 0 Å². The molecule has 0 saturated carbocycles. The topological polar surface area (TPSA) is 48.3 Å². The molecule has 0 unspecified atom stereocenters. The van der Waals surface area contributed by atoms with Gasteiger partial charge < -0.3 is 4.42 Å². The Kier molecular flexibility index (Phi) is 2.88. The predicted molar refractivity (Wildman–Crippen MR) is 119 cm³/mol. The van der Waals surface area contributed by atoms with Crippen molar-refractivity contribution in [1.29, 1.82) is 0 Å². The van der Waals surface area contributed by atoms with Gasteiger partial charge in [-0.25, -0.2) is 9.97 Å². The molecule has 0 aliphatic carbocycles. The van der Waals surface area contributed by atoms with Crippen LogP contribution in [0.2, 0.25) is 0 Å². The van der Waals surface area contributed by atoms with Crippen LogP contribution in [0.3, 0.4) is 0 Å². The van der Waals surface area contributed by atoms with Crippen molar-refractivity contribution in [2.45, 2.75) is 6.92 Å². The van der Waals surface area contributed by atoms with E-state index in [2.05, 4.69) is 81.5 Å². The van der Waals surface area contributed by atoms with Crippen molar-refractivity contribution >= 4 is 49.9 Å². The number of pyridine rings is 1. The number of aryl methyl sites for hydroxylation is 1. The van der Waals surface area contributed by atoms with Crippen LogP contribution in [0.15, 0.2) is 83.4 Å². The van der Waals surface area contributed by atoms with Gasteiger partial charge >= 0.3 is 0 Å². The molecule has 0 bridgehead atoms. The molecule has 0 spiro atoms. The summed E-state index contributed by atoms with van der Waals surface area (Å²) in [7, 11) is 0. The summed E-state index contributed by atoms with van der Waals surface area (Å²) < 4.78 is 10.4. The summed E-state index contributed by atoms with van der Waals surface area (Å²) >= 11 is 0. The highest BCUT2D eigenvalue weighted by Crippen LogP contribution is 2.33. The number of fused-ring (bicyclic) bond motifs is 8. The SMILES string of the molecule is Cc1ccc2oc3ncc(-n4c5ccccc5n5c6ccccc6nc45)cc3c2c1. The number of imidazole rings is 2. The molecule has 142 valence electrons. The number of benzene rings is 3. The molecule has 0 aliphatic heterocycles. The fourth-order valence-electron chi connectivity index (χ4n) is 4.49. The van der Waals surface area contributed by atoms with Crippen LogP contribution in [0, 0.1) is 6.92 Å². The van der Waals surface area contributed by atoms with Crippen molar-refractivity contribution in [2.75, 3.05) is 0 Å². The van der Waals surface area contributed by atoms with E-state index in [1.165, 1.54) is 5.56 Å². The van der Waals surface area contributed by atoms with E-state index in [1.54, 1.807) is 0 Å². The van der Waals surface area contributed by atoms with E-state index in [4.69, 9.17) is 9.40 Å². The maximum Gasteiger partial charge on any atom is 0.227 e. The summed E-state index contributed by atoms with van der Waals surface area (Å²) in [6, 6.07) is 25.0. The van der Waals surface area contributed by atoms with Crippen LogP contribution < -0.4 is 0 Å². The lowest BCUT2D eigenvalue weighted by Gasteiger charge is -2.04. The van der Waals surface area contributed by atoms with Crippen LogP contribution in [-0.4, -0.2) is 18.9 Å². The summed E-state index contributed by atoms with van der Waals surface area (Å²) in [4.78, 5) is 9.59. The van der Waals surface area contributed by atoms with Gasteiger partial charge in [-0.2, -0.15) is 0 Å². The Morgan fingerprint density at radius 1 is 0.800 bits per heavy atom. The maximum atomic E-state index is 5.96. The zero-order valence-corrected chi connectivity index (χ0v) is 16.2. The monoisotopic (exact) mass is 388 g/mol. The molecule has 0 amide bonds. The molecule has 7 rings (SSSR count). The van der Waals surface area contributed by atoms with Crippen LogP contribution in [-0.2, 0) is 0 Å². The molecule has 5 heteroatoms. The van der Waals surface area contributed by atoms with Gasteiger partial charge in [0.05, 0.1) is 39.3 Å². The normalized spacial score (nSPS) is 12.2. The predicted octanol–water partition coefficient (Wildman–Crippen LogP) is 6.03.